The molecule has 2 amide bonds. The first-order valence-electron chi connectivity index (χ1n) is 24.5. The average Bonchev–Trinajstić information content (AvgIpc) is 3.83. The van der Waals surface area contributed by atoms with Gasteiger partial charge in [-0.25, -0.2) is 18.0 Å². The number of hydrogen-bond donors (Lipinski definition) is 0. The molecular weight excluding hydrogens is 983 g/mol. The largest absolute Gasteiger partial charge is 0.497 e. The molecule has 0 radical (unpaired) electrons. The van der Waals surface area contributed by atoms with Gasteiger partial charge >= 0.3 is 12.2 Å². The lowest BCUT2D eigenvalue weighted by atomic mass is 9.88. The number of sulfonamides is 1. The molecule has 0 N–H and O–H groups in total. The maximum absolute atomic E-state index is 16.2. The van der Waals surface area contributed by atoms with Crippen LogP contribution in [0, 0.1) is 0 Å². The van der Waals surface area contributed by atoms with Crippen molar-refractivity contribution in [1.29, 1.82) is 0 Å². The van der Waals surface area contributed by atoms with E-state index in [9.17, 15) is 9.59 Å². The molecule has 2 aliphatic rings. The molecule has 2 aliphatic heterocycles. The Labute approximate surface area is 436 Å². The average molecular weight is 1050 g/mol. The molecule has 17 nitrogen and oxygen atoms in total. The van der Waals surface area contributed by atoms with Crippen molar-refractivity contribution >= 4 is 33.0 Å². The second-order valence-electron chi connectivity index (χ2n) is 20.4. The zero-order valence-corrected chi connectivity index (χ0v) is 45.1. The summed E-state index contributed by atoms with van der Waals surface area (Å²) < 4.78 is 76.6. The molecule has 3 heterocycles. The summed E-state index contributed by atoms with van der Waals surface area (Å²) in [4.78, 5) is 30.4. The molecule has 0 bridgehead atoms. The number of tetrazole rings is 1. The molecule has 0 saturated carbocycles. The van der Waals surface area contributed by atoms with Gasteiger partial charge in [-0.2, -0.15) is 9.10 Å². The van der Waals surface area contributed by atoms with Crippen molar-refractivity contribution in [2.45, 2.75) is 106 Å². The molecule has 19 heteroatoms. The summed E-state index contributed by atoms with van der Waals surface area (Å²) in [6, 6.07) is 33.0. The van der Waals surface area contributed by atoms with E-state index in [1.54, 1.807) is 108 Å². The van der Waals surface area contributed by atoms with Crippen molar-refractivity contribution in [3.8, 4) is 39.8 Å². The fourth-order valence-electron chi connectivity index (χ4n) is 8.85. The van der Waals surface area contributed by atoms with Gasteiger partial charge in [-0.05, 0) is 141 Å². The minimum absolute atomic E-state index is 0.00219. The summed E-state index contributed by atoms with van der Waals surface area (Å²) >= 11 is 0. The molecule has 6 aromatic rings. The first kappa shape index (κ1) is 53.5. The Kier molecular flexibility index (Phi) is 16.1. The van der Waals surface area contributed by atoms with Gasteiger partial charge in [0.05, 0.1) is 54.4 Å². The number of carbonyl (C=O) groups is 2. The van der Waals surface area contributed by atoms with Crippen LogP contribution in [0.3, 0.4) is 0 Å². The molecule has 1 atom stereocenters. The van der Waals surface area contributed by atoms with E-state index in [0.29, 0.717) is 52.6 Å². The predicted molar refractivity (Wildman–Crippen MR) is 281 cm³/mol. The number of nitrogens with zero attached hydrogens (tertiary/aromatic N) is 7. The van der Waals surface area contributed by atoms with Crippen LogP contribution in [0.4, 0.5) is 9.59 Å². The van der Waals surface area contributed by atoms with Crippen molar-refractivity contribution < 1.29 is 45.9 Å². The highest BCUT2D eigenvalue weighted by molar-refractivity contribution is 7.91. The van der Waals surface area contributed by atoms with Crippen molar-refractivity contribution in [2.75, 3.05) is 47.5 Å². The van der Waals surface area contributed by atoms with Gasteiger partial charge in [0.25, 0.3) is 0 Å². The zero-order valence-electron chi connectivity index (χ0n) is 43.4. The number of amides is 2. The molecule has 8 rings (SSSR count). The van der Waals surface area contributed by atoms with Crippen LogP contribution in [0.25, 0.3) is 22.5 Å². The summed E-state index contributed by atoms with van der Waals surface area (Å²) in [5.74, 6) is 2.05. The van der Waals surface area contributed by atoms with Crippen LogP contribution in [0.15, 0.2) is 119 Å². The minimum atomic E-state index is -4.69. The molecule has 392 valence electrons. The second-order valence-corrected chi connectivity index (χ2v) is 24.0. The van der Waals surface area contributed by atoms with Gasteiger partial charge in [-0.3, -0.25) is 4.21 Å². The first-order chi connectivity index (χ1) is 35.2. The van der Waals surface area contributed by atoms with Gasteiger partial charge < -0.3 is 33.5 Å². The number of methoxy groups -OCH3 is 3. The van der Waals surface area contributed by atoms with E-state index in [1.165, 1.54) is 14.0 Å². The van der Waals surface area contributed by atoms with Gasteiger partial charge in [-0.15, -0.1) is 10.2 Å². The van der Waals surface area contributed by atoms with Gasteiger partial charge in [0, 0.05) is 39.3 Å². The van der Waals surface area contributed by atoms with Crippen molar-refractivity contribution in [2.24, 2.45) is 0 Å². The number of aromatic nitrogens is 4. The van der Waals surface area contributed by atoms with E-state index in [4.69, 9.17) is 28.8 Å². The highest BCUT2D eigenvalue weighted by atomic mass is 32.2. The smallest absolute Gasteiger partial charge is 0.410 e. The molecule has 1 unspecified atom stereocenters. The van der Waals surface area contributed by atoms with Crippen molar-refractivity contribution in [3.63, 3.8) is 0 Å². The van der Waals surface area contributed by atoms with Crippen LogP contribution in [0.5, 0.6) is 17.2 Å². The Bertz CT molecular complexity index is 3000. The molecule has 0 spiro atoms. The molecular formula is C55H65N7O10S2. The third-order valence-electron chi connectivity index (χ3n) is 12.8. The number of benzene rings is 5. The highest BCUT2D eigenvalue weighted by Gasteiger charge is 2.42. The molecule has 1 aromatic heterocycles. The zero-order chi connectivity index (χ0) is 53.0. The molecule has 74 heavy (non-hydrogen) atoms. The van der Waals surface area contributed by atoms with Crippen molar-refractivity contribution in [1.82, 2.24) is 34.3 Å². The van der Waals surface area contributed by atoms with E-state index in [2.05, 4.69) is 10.3 Å². The number of likely N-dealkylation sites (tertiary alicyclic amines) is 2. The van der Waals surface area contributed by atoms with Crippen LogP contribution < -0.4 is 14.2 Å². The summed E-state index contributed by atoms with van der Waals surface area (Å²) in [6.45, 7) is 12.2. The lowest BCUT2D eigenvalue weighted by Crippen LogP contribution is -2.56. The summed E-state index contributed by atoms with van der Waals surface area (Å²) in [5, 5.41) is 13.2. The fraction of sp³-hybridized carbons (Fsp3) is 0.400. The summed E-state index contributed by atoms with van der Waals surface area (Å²) in [7, 11) is -1.97. The SMILES string of the molecule is COc1ccc(CN(Cc2ccc(OC)cc2)S(=O)(=O)c2c(S(=O)C3CN(C(=O)OC(C)(C)C)C3)ccc(-c3ccc(C4CCN(C(=O)OC(C)(C)C)CC4)cc3)c2-c2nnn(Cc3ccc(OC)cc3)n2)cc1. The Morgan fingerprint density at radius 3 is 1.64 bits per heavy atom. The van der Waals surface area contributed by atoms with E-state index in [-0.39, 0.29) is 65.9 Å². The lowest BCUT2D eigenvalue weighted by molar-refractivity contribution is 0.0139. The predicted octanol–water partition coefficient (Wildman–Crippen LogP) is 9.31. The summed E-state index contributed by atoms with van der Waals surface area (Å²) in [5.41, 5.74) is 3.16. The quantitative estimate of drug-likeness (QED) is 0.0894. The third kappa shape index (κ3) is 12.7. The summed E-state index contributed by atoms with van der Waals surface area (Å²) in [6.07, 6.45) is 0.597. The topological polar surface area (TPSA) is 185 Å². The molecule has 5 aromatic carbocycles. The number of rotatable bonds is 16. The van der Waals surface area contributed by atoms with E-state index >= 15 is 12.6 Å². The van der Waals surface area contributed by atoms with Crippen LogP contribution in [0.2, 0.25) is 0 Å². The van der Waals surface area contributed by atoms with E-state index < -0.39 is 43.4 Å². The van der Waals surface area contributed by atoms with Crippen LogP contribution in [-0.2, 0) is 49.9 Å². The number of piperidine rings is 1. The van der Waals surface area contributed by atoms with Crippen LogP contribution in [0.1, 0.15) is 82.6 Å². The Morgan fingerprint density at radius 2 is 1.15 bits per heavy atom. The van der Waals surface area contributed by atoms with Gasteiger partial charge in [-0.1, -0.05) is 66.7 Å². The van der Waals surface area contributed by atoms with Gasteiger partial charge in [0.2, 0.25) is 15.8 Å². The van der Waals surface area contributed by atoms with Crippen molar-refractivity contribution in [3.05, 3.63) is 131 Å². The normalized spacial score (nSPS) is 15.1. The first-order valence-corrected chi connectivity index (χ1v) is 27.2. The fourth-order valence-corrected chi connectivity index (χ4v) is 12.6. The maximum Gasteiger partial charge on any atom is 0.410 e. The van der Waals surface area contributed by atoms with Gasteiger partial charge in [0.15, 0.2) is 0 Å². The highest BCUT2D eigenvalue weighted by Crippen LogP contribution is 2.43. The lowest BCUT2D eigenvalue weighted by Gasteiger charge is -2.39. The number of carbonyl (C=O) groups excluding carboxylic acids is 2. The Morgan fingerprint density at radius 1 is 0.662 bits per heavy atom. The van der Waals surface area contributed by atoms with Gasteiger partial charge in [0.1, 0.15) is 33.3 Å². The molecule has 0 aliphatic carbocycles. The number of hydrogen-bond acceptors (Lipinski definition) is 13. The third-order valence-corrected chi connectivity index (χ3v) is 16.5. The second kappa shape index (κ2) is 22.3. The van der Waals surface area contributed by atoms with E-state index in [0.717, 1.165) is 24.0 Å². The Balaban J connectivity index is 1.26. The molecule has 2 saturated heterocycles. The monoisotopic (exact) mass is 1050 g/mol. The number of ether oxygens (including phenoxy) is 5. The van der Waals surface area contributed by atoms with Crippen LogP contribution in [-0.4, -0.2) is 123 Å². The standard InChI is InChI=1S/C55H65N7O10S2/c1-54(2,3)71-52(63)59-30-28-41(29-31-59)40-16-18-42(19-17-40)47-26-27-48(73(65)46-35-60(36-46)53(64)72-55(4,5)6)50(49(47)51-56-58-62(57-51)34-39-14-24-45(70-9)25-15-39)74(66,67)61(32-37-10-20-43(68-7)21-11-37)33-38-12-22-44(69-8)23-13-38/h10-27,41,46H,28-36H2,1-9H3. The Hall–Kier alpha value is -6.83. The maximum atomic E-state index is 16.2. The minimum Gasteiger partial charge on any atom is -0.497 e. The molecule has 2 fully saturated rings. The van der Waals surface area contributed by atoms with Crippen LogP contribution >= 0.6 is 0 Å². The van der Waals surface area contributed by atoms with E-state index in [1.807, 2.05) is 69.3 Å².